The van der Waals surface area contributed by atoms with Crippen LogP contribution in [0.2, 0.25) is 0 Å². The molecule has 0 saturated carbocycles. The van der Waals surface area contributed by atoms with Gasteiger partial charge >= 0.3 is 0 Å². The van der Waals surface area contributed by atoms with E-state index < -0.39 is 0 Å². The maximum Gasteiger partial charge on any atom is 0.0701 e. The second kappa shape index (κ2) is 8.78. The van der Waals surface area contributed by atoms with Crippen LogP contribution in [0, 0.1) is 0 Å². The molecule has 21 heavy (non-hydrogen) atoms. The van der Waals surface area contributed by atoms with Gasteiger partial charge in [0.15, 0.2) is 0 Å². The van der Waals surface area contributed by atoms with E-state index in [1.807, 2.05) is 0 Å². The molecule has 2 rings (SSSR count). The fourth-order valence-electron chi connectivity index (χ4n) is 2.58. The largest absolute Gasteiger partial charge is 0.382 e. The van der Waals surface area contributed by atoms with E-state index in [9.17, 15) is 0 Å². The van der Waals surface area contributed by atoms with Gasteiger partial charge < -0.3 is 14.8 Å². The average Bonchev–Trinajstić information content (AvgIpc) is 2.52. The van der Waals surface area contributed by atoms with Gasteiger partial charge in [-0.1, -0.05) is 49.4 Å². The molecule has 0 saturated heterocycles. The van der Waals surface area contributed by atoms with Gasteiger partial charge in [0.1, 0.15) is 0 Å². The Kier molecular flexibility index (Phi) is 6.67. The molecule has 2 aromatic rings. The molecule has 3 heteroatoms. The predicted octanol–water partition coefficient (Wildman–Crippen LogP) is 3.02. The summed E-state index contributed by atoms with van der Waals surface area (Å²) < 4.78 is 10.7. The third-order valence-corrected chi connectivity index (χ3v) is 3.59. The molecule has 0 radical (unpaired) electrons. The quantitative estimate of drug-likeness (QED) is 0.719. The van der Waals surface area contributed by atoms with Gasteiger partial charge in [0.2, 0.25) is 0 Å². The summed E-state index contributed by atoms with van der Waals surface area (Å²) in [5.41, 5.74) is 1.37. The van der Waals surface area contributed by atoms with Crippen LogP contribution in [0.3, 0.4) is 0 Å². The zero-order chi connectivity index (χ0) is 14.9. The molecular weight excluding hydrogens is 262 g/mol. The first kappa shape index (κ1) is 16.0. The number of methoxy groups -OCH3 is 1. The number of benzene rings is 2. The Balaban J connectivity index is 2.04. The van der Waals surface area contributed by atoms with Crippen molar-refractivity contribution in [3.8, 4) is 0 Å². The van der Waals surface area contributed by atoms with Crippen LogP contribution in [0.5, 0.6) is 0 Å². The number of nitrogens with one attached hydrogen (secondary N) is 1. The first-order valence-corrected chi connectivity index (χ1v) is 7.62. The van der Waals surface area contributed by atoms with Crippen LogP contribution in [0.25, 0.3) is 10.8 Å². The smallest absolute Gasteiger partial charge is 0.0701 e. The monoisotopic (exact) mass is 287 g/mol. The maximum absolute atomic E-state index is 5.69. The minimum atomic E-state index is 0.331. The van der Waals surface area contributed by atoms with Gasteiger partial charge in [-0.2, -0.15) is 0 Å². The molecule has 0 aliphatic rings. The molecule has 114 valence electrons. The predicted molar refractivity (Wildman–Crippen MR) is 87.8 cm³/mol. The summed E-state index contributed by atoms with van der Waals surface area (Å²) in [4.78, 5) is 0. The van der Waals surface area contributed by atoms with E-state index in [1.165, 1.54) is 16.3 Å². The fraction of sp³-hybridized carbons (Fsp3) is 0.444. The summed E-state index contributed by atoms with van der Waals surface area (Å²) in [6.07, 6.45) is 0.974. The van der Waals surface area contributed by atoms with Gasteiger partial charge in [-0.25, -0.2) is 0 Å². The van der Waals surface area contributed by atoms with Crippen molar-refractivity contribution in [1.82, 2.24) is 5.32 Å². The summed E-state index contributed by atoms with van der Waals surface area (Å²) in [6, 6.07) is 15.4. The third-order valence-electron chi connectivity index (χ3n) is 3.59. The van der Waals surface area contributed by atoms with Crippen molar-refractivity contribution in [2.24, 2.45) is 0 Å². The lowest BCUT2D eigenvalue weighted by atomic mass is 9.99. The van der Waals surface area contributed by atoms with E-state index in [1.54, 1.807) is 7.11 Å². The second-order valence-corrected chi connectivity index (χ2v) is 5.16. The fourth-order valence-corrected chi connectivity index (χ4v) is 2.58. The van der Waals surface area contributed by atoms with Crippen molar-refractivity contribution in [2.45, 2.75) is 19.4 Å². The van der Waals surface area contributed by atoms with E-state index >= 15 is 0 Å². The molecule has 2 aromatic carbocycles. The number of ether oxygens (including phenoxy) is 2. The van der Waals surface area contributed by atoms with Gasteiger partial charge in [0.25, 0.3) is 0 Å². The van der Waals surface area contributed by atoms with E-state index in [0.29, 0.717) is 25.9 Å². The minimum Gasteiger partial charge on any atom is -0.382 e. The Morgan fingerprint density at radius 2 is 1.86 bits per heavy atom. The molecule has 0 aliphatic carbocycles. The maximum atomic E-state index is 5.69. The minimum absolute atomic E-state index is 0.331. The van der Waals surface area contributed by atoms with Crippen LogP contribution in [-0.4, -0.2) is 39.5 Å². The van der Waals surface area contributed by atoms with Crippen LogP contribution >= 0.6 is 0 Å². The van der Waals surface area contributed by atoms with E-state index in [4.69, 9.17) is 9.47 Å². The standard InChI is InChI=1S/C18H25NO2/c1-3-19-17(14-21-12-11-20-2)13-16-9-6-8-15-7-4-5-10-18(15)16/h4-10,17,19H,3,11-14H2,1-2H3. The molecule has 0 aliphatic heterocycles. The Labute approximate surface area is 127 Å². The highest BCUT2D eigenvalue weighted by Gasteiger charge is 2.10. The van der Waals surface area contributed by atoms with E-state index in [-0.39, 0.29) is 0 Å². The number of fused-ring (bicyclic) bond motifs is 1. The highest BCUT2D eigenvalue weighted by atomic mass is 16.5. The van der Waals surface area contributed by atoms with Gasteiger partial charge in [0, 0.05) is 13.2 Å². The van der Waals surface area contributed by atoms with Crippen molar-refractivity contribution in [3.05, 3.63) is 48.0 Å². The molecule has 0 amide bonds. The highest BCUT2D eigenvalue weighted by molar-refractivity contribution is 5.85. The Morgan fingerprint density at radius 3 is 2.67 bits per heavy atom. The van der Waals surface area contributed by atoms with Crippen LogP contribution in [0.1, 0.15) is 12.5 Å². The van der Waals surface area contributed by atoms with Crippen LogP contribution in [0.4, 0.5) is 0 Å². The van der Waals surface area contributed by atoms with E-state index in [2.05, 4.69) is 54.7 Å². The Hall–Kier alpha value is -1.42. The van der Waals surface area contributed by atoms with Crippen molar-refractivity contribution < 1.29 is 9.47 Å². The SMILES string of the molecule is CCNC(COCCOC)Cc1cccc2ccccc12. The molecule has 0 aromatic heterocycles. The first-order chi connectivity index (χ1) is 10.3. The number of likely N-dealkylation sites (N-methyl/N-ethyl adjacent to an activating group) is 1. The lowest BCUT2D eigenvalue weighted by Gasteiger charge is -2.19. The number of hydrogen-bond acceptors (Lipinski definition) is 3. The summed E-state index contributed by atoms with van der Waals surface area (Å²) in [6.45, 7) is 5.08. The van der Waals surface area contributed by atoms with Gasteiger partial charge in [-0.3, -0.25) is 0 Å². The topological polar surface area (TPSA) is 30.5 Å². The lowest BCUT2D eigenvalue weighted by Crippen LogP contribution is -2.35. The Bertz CT molecular complexity index is 536. The van der Waals surface area contributed by atoms with Crippen molar-refractivity contribution in [2.75, 3.05) is 33.5 Å². The van der Waals surface area contributed by atoms with Crippen LogP contribution < -0.4 is 5.32 Å². The second-order valence-electron chi connectivity index (χ2n) is 5.16. The molecular formula is C18H25NO2. The summed E-state index contributed by atoms with van der Waals surface area (Å²) in [5.74, 6) is 0. The lowest BCUT2D eigenvalue weighted by molar-refractivity contribution is 0.0590. The molecule has 3 nitrogen and oxygen atoms in total. The third kappa shape index (κ3) is 4.81. The normalized spacial score (nSPS) is 12.7. The molecule has 1 N–H and O–H groups in total. The van der Waals surface area contributed by atoms with Gasteiger partial charge in [-0.05, 0) is 29.3 Å². The molecule has 0 bridgehead atoms. The van der Waals surface area contributed by atoms with Crippen molar-refractivity contribution in [1.29, 1.82) is 0 Å². The average molecular weight is 287 g/mol. The Morgan fingerprint density at radius 1 is 1.05 bits per heavy atom. The zero-order valence-electron chi connectivity index (χ0n) is 13.0. The first-order valence-electron chi connectivity index (χ1n) is 7.62. The summed E-state index contributed by atoms with van der Waals surface area (Å²) in [5, 5.41) is 6.14. The van der Waals surface area contributed by atoms with Gasteiger partial charge in [0.05, 0.1) is 19.8 Å². The number of hydrogen-bond donors (Lipinski definition) is 1. The van der Waals surface area contributed by atoms with Crippen molar-refractivity contribution in [3.63, 3.8) is 0 Å². The zero-order valence-corrected chi connectivity index (χ0v) is 13.0. The summed E-state index contributed by atoms with van der Waals surface area (Å²) >= 11 is 0. The molecule has 0 fully saturated rings. The molecule has 0 spiro atoms. The molecule has 0 heterocycles. The van der Waals surface area contributed by atoms with Crippen molar-refractivity contribution >= 4 is 10.8 Å². The number of rotatable bonds is 9. The summed E-state index contributed by atoms with van der Waals surface area (Å²) in [7, 11) is 1.70. The molecule has 1 atom stereocenters. The van der Waals surface area contributed by atoms with Crippen LogP contribution in [-0.2, 0) is 15.9 Å². The van der Waals surface area contributed by atoms with E-state index in [0.717, 1.165) is 13.0 Å². The highest BCUT2D eigenvalue weighted by Crippen LogP contribution is 2.19. The van der Waals surface area contributed by atoms with Gasteiger partial charge in [-0.15, -0.1) is 0 Å². The molecule has 1 unspecified atom stereocenters. The van der Waals surface area contributed by atoms with Crippen LogP contribution in [0.15, 0.2) is 42.5 Å².